The number of carbonyl (C=O) groups excluding carboxylic acids is 1. The molecule has 2 aromatic rings. The molecule has 3 nitrogen and oxygen atoms in total. The van der Waals surface area contributed by atoms with E-state index in [9.17, 15) is 4.79 Å². The summed E-state index contributed by atoms with van der Waals surface area (Å²) in [5.41, 5.74) is 2.39. The number of hydrogen-bond donors (Lipinski definition) is 1. The van der Waals surface area contributed by atoms with Crippen LogP contribution >= 0.6 is 22.9 Å². The van der Waals surface area contributed by atoms with Crippen LogP contribution < -0.4 is 5.32 Å². The Morgan fingerprint density at radius 3 is 2.96 bits per heavy atom. The second-order valence-electron chi connectivity index (χ2n) is 6.04. The van der Waals surface area contributed by atoms with Crippen LogP contribution in [0.2, 0.25) is 5.02 Å². The summed E-state index contributed by atoms with van der Waals surface area (Å²) in [6.45, 7) is 5.54. The summed E-state index contributed by atoms with van der Waals surface area (Å²) in [6, 6.07) is 9.75. The molecule has 2 unspecified atom stereocenters. The van der Waals surface area contributed by atoms with Crippen molar-refractivity contribution in [2.75, 3.05) is 6.54 Å². The van der Waals surface area contributed by atoms with Gasteiger partial charge in [-0.1, -0.05) is 23.7 Å². The van der Waals surface area contributed by atoms with Gasteiger partial charge in [0.05, 0.1) is 6.04 Å². The minimum Gasteiger partial charge on any atom is -0.337 e. The summed E-state index contributed by atoms with van der Waals surface area (Å²) >= 11 is 7.84. The van der Waals surface area contributed by atoms with Crippen LogP contribution in [0.3, 0.4) is 0 Å². The van der Waals surface area contributed by atoms with E-state index < -0.39 is 0 Å². The van der Waals surface area contributed by atoms with Gasteiger partial charge >= 0.3 is 0 Å². The average molecular weight is 349 g/mol. The molecule has 1 aliphatic rings. The van der Waals surface area contributed by atoms with Gasteiger partial charge in [-0.25, -0.2) is 0 Å². The maximum Gasteiger partial charge on any atom is 0.239 e. The Morgan fingerprint density at radius 1 is 1.35 bits per heavy atom. The normalized spacial score (nSPS) is 16.7. The van der Waals surface area contributed by atoms with Gasteiger partial charge in [-0.2, -0.15) is 0 Å². The van der Waals surface area contributed by atoms with Crippen LogP contribution in [0.15, 0.2) is 35.7 Å². The Labute approximate surface area is 146 Å². The lowest BCUT2D eigenvalue weighted by atomic mass is 10.1. The molecule has 0 spiro atoms. The molecule has 1 aromatic heterocycles. The quantitative estimate of drug-likeness (QED) is 0.904. The van der Waals surface area contributed by atoms with E-state index >= 15 is 0 Å². The van der Waals surface area contributed by atoms with Crippen molar-refractivity contribution in [1.82, 2.24) is 10.2 Å². The molecule has 1 amide bonds. The Hall–Kier alpha value is -1.36. The van der Waals surface area contributed by atoms with Crippen molar-refractivity contribution in [3.63, 3.8) is 0 Å². The zero-order valence-electron chi connectivity index (χ0n) is 13.4. The standard InChI is InChI=1S/C18H21ClN2OS/c1-12(14-4-3-5-16(19)10-14)20-13(2)18(22)21-8-6-17-15(11-21)7-9-23-17/h3-5,7,9-10,12-13,20H,6,8,11H2,1-2H3. The van der Waals surface area contributed by atoms with Gasteiger partial charge in [-0.05, 0) is 55.0 Å². The van der Waals surface area contributed by atoms with Gasteiger partial charge in [0.1, 0.15) is 0 Å². The lowest BCUT2D eigenvalue weighted by Gasteiger charge is -2.31. The number of carbonyl (C=O) groups is 1. The number of nitrogens with one attached hydrogen (secondary N) is 1. The SMILES string of the molecule is CC(NC(C)c1cccc(Cl)c1)C(=O)N1CCc2sccc2C1. The summed E-state index contributed by atoms with van der Waals surface area (Å²) in [7, 11) is 0. The van der Waals surface area contributed by atoms with Gasteiger partial charge in [0.25, 0.3) is 0 Å². The van der Waals surface area contributed by atoms with E-state index in [0.29, 0.717) is 0 Å². The molecule has 0 saturated heterocycles. The van der Waals surface area contributed by atoms with Crippen molar-refractivity contribution >= 4 is 28.8 Å². The molecule has 0 fully saturated rings. The van der Waals surface area contributed by atoms with Crippen LogP contribution in [0.5, 0.6) is 0 Å². The van der Waals surface area contributed by atoms with Crippen LogP contribution in [0.4, 0.5) is 0 Å². The summed E-state index contributed by atoms with van der Waals surface area (Å²) in [6.07, 6.45) is 0.968. The lowest BCUT2D eigenvalue weighted by molar-refractivity contribution is -0.134. The van der Waals surface area contributed by atoms with Gasteiger partial charge in [0, 0.05) is 29.0 Å². The fourth-order valence-electron chi connectivity index (χ4n) is 3.03. The highest BCUT2D eigenvalue weighted by atomic mass is 35.5. The topological polar surface area (TPSA) is 32.3 Å². The van der Waals surface area contributed by atoms with Crippen molar-refractivity contribution in [3.05, 3.63) is 56.7 Å². The molecule has 5 heteroatoms. The molecule has 2 atom stereocenters. The molecule has 122 valence electrons. The van der Waals surface area contributed by atoms with Gasteiger partial charge in [0.15, 0.2) is 0 Å². The number of amides is 1. The minimum atomic E-state index is -0.218. The van der Waals surface area contributed by atoms with Crippen LogP contribution in [-0.2, 0) is 17.8 Å². The molecule has 3 rings (SSSR count). The van der Waals surface area contributed by atoms with E-state index in [2.05, 4.69) is 23.7 Å². The Morgan fingerprint density at radius 2 is 2.17 bits per heavy atom. The average Bonchev–Trinajstić information content (AvgIpc) is 3.01. The van der Waals surface area contributed by atoms with E-state index in [0.717, 1.165) is 30.1 Å². The Kier molecular flexibility index (Phi) is 5.05. The number of thiophene rings is 1. The summed E-state index contributed by atoms with van der Waals surface area (Å²) in [5, 5.41) is 6.22. The smallest absolute Gasteiger partial charge is 0.239 e. The molecule has 2 heterocycles. The fraction of sp³-hybridized carbons (Fsp3) is 0.389. The van der Waals surface area contributed by atoms with Crippen molar-refractivity contribution in [3.8, 4) is 0 Å². The van der Waals surface area contributed by atoms with E-state index in [4.69, 9.17) is 11.6 Å². The van der Waals surface area contributed by atoms with E-state index in [1.165, 1.54) is 10.4 Å². The lowest BCUT2D eigenvalue weighted by Crippen LogP contribution is -2.47. The van der Waals surface area contributed by atoms with Gasteiger partial charge in [0.2, 0.25) is 5.91 Å². The first-order chi connectivity index (χ1) is 11.0. The first-order valence-corrected chi connectivity index (χ1v) is 9.16. The minimum absolute atomic E-state index is 0.0779. The number of nitrogens with zero attached hydrogens (tertiary/aromatic N) is 1. The van der Waals surface area contributed by atoms with Gasteiger partial charge in [-0.3, -0.25) is 10.1 Å². The molecule has 0 saturated carbocycles. The maximum atomic E-state index is 12.7. The second kappa shape index (κ2) is 7.04. The summed E-state index contributed by atoms with van der Waals surface area (Å²) < 4.78 is 0. The molecular formula is C18H21ClN2OS. The predicted octanol–water partition coefficient (Wildman–Crippen LogP) is 4.03. The Bertz CT molecular complexity index is 700. The van der Waals surface area contributed by atoms with E-state index in [1.807, 2.05) is 36.1 Å². The predicted molar refractivity (Wildman–Crippen MR) is 95.9 cm³/mol. The number of benzene rings is 1. The highest BCUT2D eigenvalue weighted by Gasteiger charge is 2.26. The molecule has 23 heavy (non-hydrogen) atoms. The van der Waals surface area contributed by atoms with Gasteiger partial charge < -0.3 is 4.90 Å². The van der Waals surface area contributed by atoms with Crippen molar-refractivity contribution in [1.29, 1.82) is 0 Å². The highest BCUT2D eigenvalue weighted by molar-refractivity contribution is 7.10. The van der Waals surface area contributed by atoms with Crippen LogP contribution in [0, 0.1) is 0 Å². The summed E-state index contributed by atoms with van der Waals surface area (Å²) in [5.74, 6) is 0.163. The third kappa shape index (κ3) is 3.77. The largest absolute Gasteiger partial charge is 0.337 e. The number of rotatable bonds is 4. The number of halogens is 1. The van der Waals surface area contributed by atoms with Crippen LogP contribution in [-0.4, -0.2) is 23.4 Å². The first-order valence-electron chi connectivity index (χ1n) is 7.90. The number of fused-ring (bicyclic) bond motifs is 1. The molecule has 1 aromatic carbocycles. The van der Waals surface area contributed by atoms with Crippen molar-refractivity contribution in [2.45, 2.75) is 38.9 Å². The van der Waals surface area contributed by atoms with E-state index in [-0.39, 0.29) is 18.0 Å². The second-order valence-corrected chi connectivity index (χ2v) is 7.48. The molecule has 0 radical (unpaired) electrons. The third-order valence-corrected chi connectivity index (χ3v) is 5.60. The Balaban J connectivity index is 1.62. The first kappa shape index (κ1) is 16.5. The monoisotopic (exact) mass is 348 g/mol. The maximum absolute atomic E-state index is 12.7. The third-order valence-electron chi connectivity index (χ3n) is 4.34. The van der Waals surface area contributed by atoms with Crippen molar-refractivity contribution in [2.24, 2.45) is 0 Å². The molecule has 1 aliphatic heterocycles. The van der Waals surface area contributed by atoms with Gasteiger partial charge in [-0.15, -0.1) is 11.3 Å². The number of hydrogen-bond acceptors (Lipinski definition) is 3. The zero-order valence-corrected chi connectivity index (χ0v) is 15.0. The van der Waals surface area contributed by atoms with E-state index in [1.54, 1.807) is 11.3 Å². The molecule has 0 aliphatic carbocycles. The molecule has 1 N–H and O–H groups in total. The van der Waals surface area contributed by atoms with Crippen molar-refractivity contribution < 1.29 is 4.79 Å². The van der Waals surface area contributed by atoms with Crippen LogP contribution in [0.25, 0.3) is 0 Å². The molecular weight excluding hydrogens is 328 g/mol. The summed E-state index contributed by atoms with van der Waals surface area (Å²) in [4.78, 5) is 16.1. The highest BCUT2D eigenvalue weighted by Crippen LogP contribution is 2.24. The fourth-order valence-corrected chi connectivity index (χ4v) is 4.12. The molecule has 0 bridgehead atoms. The van der Waals surface area contributed by atoms with Crippen LogP contribution in [0.1, 0.15) is 35.9 Å². The zero-order chi connectivity index (χ0) is 16.4.